The molecule has 0 aliphatic heterocycles. The van der Waals surface area contributed by atoms with Crippen LogP contribution in [0.15, 0.2) is 16.0 Å². The Hall–Kier alpha value is -1.16. The van der Waals surface area contributed by atoms with Gasteiger partial charge in [-0.3, -0.25) is 4.79 Å². The van der Waals surface area contributed by atoms with E-state index in [0.717, 1.165) is 23.1 Å². The van der Waals surface area contributed by atoms with Crippen LogP contribution in [0.25, 0.3) is 10.2 Å². The summed E-state index contributed by atoms with van der Waals surface area (Å²) >= 11 is 1.50. The maximum absolute atomic E-state index is 11.7. The molecule has 0 bridgehead atoms. The Morgan fingerprint density at radius 1 is 1.62 bits per heavy atom. The van der Waals surface area contributed by atoms with Crippen molar-refractivity contribution < 1.29 is 9.32 Å². The minimum Gasteiger partial charge on any atom is -0.351 e. The van der Waals surface area contributed by atoms with E-state index in [1.165, 1.54) is 11.3 Å². The molecule has 0 N–H and O–H groups in total. The van der Waals surface area contributed by atoms with Crippen molar-refractivity contribution in [1.82, 2.24) is 5.16 Å². The Kier molecular flexibility index (Phi) is 1.35. The van der Waals surface area contributed by atoms with Gasteiger partial charge < -0.3 is 4.52 Å². The fraction of sp³-hybridized carbons (Fsp3) is 0.333. The Bertz CT molecular complexity index is 467. The van der Waals surface area contributed by atoms with Crippen LogP contribution in [0.1, 0.15) is 23.4 Å². The third-order valence-corrected chi connectivity index (χ3v) is 3.07. The molecule has 0 amide bonds. The van der Waals surface area contributed by atoms with Crippen molar-refractivity contribution >= 4 is 27.3 Å². The van der Waals surface area contributed by atoms with E-state index in [-0.39, 0.29) is 11.7 Å². The van der Waals surface area contributed by atoms with Gasteiger partial charge in [-0.05, 0) is 24.3 Å². The van der Waals surface area contributed by atoms with Gasteiger partial charge in [-0.2, -0.15) is 0 Å². The topological polar surface area (TPSA) is 43.1 Å². The van der Waals surface area contributed by atoms with E-state index >= 15 is 0 Å². The molecular weight excluding hydrogens is 186 g/mol. The van der Waals surface area contributed by atoms with Crippen LogP contribution in [-0.2, 0) is 0 Å². The van der Waals surface area contributed by atoms with Crippen LogP contribution < -0.4 is 0 Å². The summed E-state index contributed by atoms with van der Waals surface area (Å²) in [5.41, 5.74) is 0. The highest BCUT2D eigenvalue weighted by atomic mass is 32.1. The third-order valence-electron chi connectivity index (χ3n) is 2.28. The molecule has 2 aromatic heterocycles. The van der Waals surface area contributed by atoms with Crippen LogP contribution in [0.4, 0.5) is 0 Å². The van der Waals surface area contributed by atoms with Gasteiger partial charge in [0.25, 0.3) is 0 Å². The quantitative estimate of drug-likeness (QED) is 0.688. The molecule has 1 aliphatic rings. The SMILES string of the molecule is O=C(c1onc2sccc12)C1CC1. The lowest BCUT2D eigenvalue weighted by Gasteiger charge is -1.89. The van der Waals surface area contributed by atoms with Crippen LogP contribution >= 0.6 is 11.3 Å². The largest absolute Gasteiger partial charge is 0.351 e. The summed E-state index contributed by atoms with van der Waals surface area (Å²) in [5.74, 6) is 0.788. The first-order valence-corrected chi connectivity index (χ1v) is 5.11. The van der Waals surface area contributed by atoms with Crippen molar-refractivity contribution in [3.8, 4) is 0 Å². The van der Waals surface area contributed by atoms with Crippen LogP contribution in [0, 0.1) is 5.92 Å². The molecule has 4 heteroatoms. The van der Waals surface area contributed by atoms with Gasteiger partial charge in [-0.25, -0.2) is 0 Å². The van der Waals surface area contributed by atoms with Crippen LogP contribution in [0.5, 0.6) is 0 Å². The molecule has 0 radical (unpaired) electrons. The van der Waals surface area contributed by atoms with E-state index in [9.17, 15) is 4.79 Å². The minimum atomic E-state index is 0.126. The second-order valence-electron chi connectivity index (χ2n) is 3.29. The first-order valence-electron chi connectivity index (χ1n) is 4.23. The van der Waals surface area contributed by atoms with E-state index in [2.05, 4.69) is 5.16 Å². The summed E-state index contributed by atoms with van der Waals surface area (Å²) in [4.78, 5) is 12.5. The first-order chi connectivity index (χ1) is 6.36. The number of rotatable bonds is 2. The number of carbonyl (C=O) groups excluding carboxylic acids is 1. The van der Waals surface area contributed by atoms with Gasteiger partial charge in [0.2, 0.25) is 11.5 Å². The lowest BCUT2D eigenvalue weighted by Crippen LogP contribution is -1.99. The molecule has 0 spiro atoms. The Morgan fingerprint density at radius 3 is 3.23 bits per heavy atom. The van der Waals surface area contributed by atoms with E-state index in [1.807, 2.05) is 11.4 Å². The lowest BCUT2D eigenvalue weighted by molar-refractivity contribution is 0.0934. The van der Waals surface area contributed by atoms with Crippen molar-refractivity contribution in [2.24, 2.45) is 5.92 Å². The molecule has 1 saturated carbocycles. The average Bonchev–Trinajstić information content (AvgIpc) is 2.73. The number of ketones is 1. The zero-order valence-electron chi connectivity index (χ0n) is 6.82. The summed E-state index contributed by atoms with van der Waals surface area (Å²) in [6, 6.07) is 1.89. The maximum Gasteiger partial charge on any atom is 0.211 e. The number of aromatic nitrogens is 1. The van der Waals surface area contributed by atoms with Crippen molar-refractivity contribution in [2.75, 3.05) is 0 Å². The number of hydrogen-bond acceptors (Lipinski definition) is 4. The molecule has 3 nitrogen and oxygen atoms in total. The third kappa shape index (κ3) is 1.02. The van der Waals surface area contributed by atoms with Crippen molar-refractivity contribution in [1.29, 1.82) is 0 Å². The van der Waals surface area contributed by atoms with Crippen LogP contribution in [0.3, 0.4) is 0 Å². The molecule has 3 rings (SSSR count). The molecule has 13 heavy (non-hydrogen) atoms. The molecule has 1 fully saturated rings. The van der Waals surface area contributed by atoms with Gasteiger partial charge in [0, 0.05) is 5.92 Å². The lowest BCUT2D eigenvalue weighted by atomic mass is 10.2. The first kappa shape index (κ1) is 7.26. The number of nitrogens with zero attached hydrogens (tertiary/aromatic N) is 1. The highest BCUT2D eigenvalue weighted by Gasteiger charge is 2.34. The van der Waals surface area contributed by atoms with Gasteiger partial charge in [0.05, 0.1) is 5.39 Å². The van der Waals surface area contributed by atoms with E-state index < -0.39 is 0 Å². The molecular formula is C9H7NO2S. The second kappa shape index (κ2) is 2.42. The fourth-order valence-corrected chi connectivity index (χ4v) is 2.09. The number of fused-ring (bicyclic) bond motifs is 1. The molecule has 66 valence electrons. The number of thiophene rings is 1. The van der Waals surface area contributed by atoms with Crippen LogP contribution in [0.2, 0.25) is 0 Å². The number of hydrogen-bond donors (Lipinski definition) is 0. The highest BCUT2D eigenvalue weighted by Crippen LogP contribution is 2.35. The molecule has 1 aliphatic carbocycles. The molecule has 2 heterocycles. The smallest absolute Gasteiger partial charge is 0.211 e. The molecule has 0 atom stereocenters. The van der Waals surface area contributed by atoms with Gasteiger partial charge >= 0.3 is 0 Å². The van der Waals surface area contributed by atoms with Crippen molar-refractivity contribution in [3.05, 3.63) is 17.2 Å². The Morgan fingerprint density at radius 2 is 2.46 bits per heavy atom. The van der Waals surface area contributed by atoms with Gasteiger partial charge in [-0.15, -0.1) is 11.3 Å². The van der Waals surface area contributed by atoms with Crippen molar-refractivity contribution in [3.63, 3.8) is 0 Å². The standard InChI is InChI=1S/C9H7NO2S/c11-7(5-1-2-5)8-6-3-4-13-9(6)10-12-8/h3-5H,1-2H2. The Labute approximate surface area is 78.3 Å². The van der Waals surface area contributed by atoms with Crippen LogP contribution in [-0.4, -0.2) is 10.9 Å². The molecule has 0 unspecified atom stereocenters. The van der Waals surface area contributed by atoms with E-state index in [1.54, 1.807) is 0 Å². The number of carbonyl (C=O) groups is 1. The summed E-state index contributed by atoms with van der Waals surface area (Å²) in [6.45, 7) is 0. The van der Waals surface area contributed by atoms with E-state index in [4.69, 9.17) is 4.52 Å². The molecule has 2 aromatic rings. The zero-order chi connectivity index (χ0) is 8.84. The summed E-state index contributed by atoms with van der Waals surface area (Å²) < 4.78 is 5.03. The molecule has 0 aromatic carbocycles. The van der Waals surface area contributed by atoms with Gasteiger partial charge in [0.15, 0.2) is 4.83 Å². The summed E-state index contributed by atoms with van der Waals surface area (Å²) in [7, 11) is 0. The average molecular weight is 193 g/mol. The number of Topliss-reactive ketones (excluding diaryl/α,β-unsaturated/α-hetero) is 1. The predicted octanol–water partition coefficient (Wildman–Crippen LogP) is 2.48. The highest BCUT2D eigenvalue weighted by molar-refractivity contribution is 7.16. The van der Waals surface area contributed by atoms with Crippen molar-refractivity contribution in [2.45, 2.75) is 12.8 Å². The Balaban J connectivity index is 2.14. The zero-order valence-corrected chi connectivity index (χ0v) is 7.63. The van der Waals surface area contributed by atoms with E-state index in [0.29, 0.717) is 5.76 Å². The monoisotopic (exact) mass is 193 g/mol. The summed E-state index contributed by atoms with van der Waals surface area (Å²) in [5, 5.41) is 6.64. The maximum atomic E-state index is 11.7. The normalized spacial score (nSPS) is 16.6. The fourth-order valence-electron chi connectivity index (χ4n) is 1.39. The van der Waals surface area contributed by atoms with Gasteiger partial charge in [0.1, 0.15) is 0 Å². The summed E-state index contributed by atoms with van der Waals surface area (Å²) in [6.07, 6.45) is 2.01. The minimum absolute atomic E-state index is 0.126. The second-order valence-corrected chi connectivity index (χ2v) is 4.18. The molecule has 0 saturated heterocycles. The van der Waals surface area contributed by atoms with Gasteiger partial charge in [-0.1, -0.05) is 5.16 Å². The predicted molar refractivity (Wildman–Crippen MR) is 48.9 cm³/mol.